The number of hydrogen-bond acceptors (Lipinski definition) is 1. The van der Waals surface area contributed by atoms with Crippen LogP contribution in [0.1, 0.15) is 22.3 Å². The molecule has 0 saturated heterocycles. The fourth-order valence-electron chi connectivity index (χ4n) is 6.49. The lowest BCUT2D eigenvalue weighted by atomic mass is 9.84. The van der Waals surface area contributed by atoms with E-state index in [0.29, 0.717) is 0 Å². The predicted octanol–water partition coefficient (Wildman–Crippen LogP) is 8.26. The van der Waals surface area contributed by atoms with Gasteiger partial charge in [-0.1, -0.05) is 60.7 Å². The maximum Gasteiger partial charge on any atom is 0.226 e. The van der Waals surface area contributed by atoms with E-state index in [1.807, 2.05) is 6.20 Å². The first-order valence-corrected chi connectivity index (χ1v) is 12.9. The van der Waals surface area contributed by atoms with E-state index in [9.17, 15) is 0 Å². The van der Waals surface area contributed by atoms with E-state index in [2.05, 4.69) is 116 Å². The number of hydrogen-bond donors (Lipinski definition) is 0. The molecule has 2 nitrogen and oxygen atoms in total. The van der Waals surface area contributed by atoms with Crippen LogP contribution in [0.5, 0.6) is 0 Å². The Kier molecular flexibility index (Phi) is 4.16. The fraction of sp³-hybridized carbons (Fsp3) is 0.0857. The lowest BCUT2D eigenvalue weighted by Crippen LogP contribution is -2.36. The third kappa shape index (κ3) is 2.87. The van der Waals surface area contributed by atoms with Crippen molar-refractivity contribution in [3.05, 3.63) is 120 Å². The second kappa shape index (κ2) is 7.47. The van der Waals surface area contributed by atoms with E-state index in [-0.39, 0.29) is 0 Å². The molecule has 0 saturated carbocycles. The van der Waals surface area contributed by atoms with Crippen LogP contribution >= 0.6 is 0 Å². The van der Waals surface area contributed by atoms with Crippen molar-refractivity contribution in [2.75, 3.05) is 0 Å². The fourth-order valence-corrected chi connectivity index (χ4v) is 6.49. The number of benzene rings is 5. The maximum atomic E-state index is 4.70. The molecule has 174 valence electrons. The van der Waals surface area contributed by atoms with Gasteiger partial charge in [0.1, 0.15) is 0 Å². The normalized spacial score (nSPS) is 14.2. The maximum absolute atomic E-state index is 4.70. The average molecular weight is 474 g/mol. The van der Waals surface area contributed by atoms with Crippen LogP contribution in [0.15, 0.2) is 97.3 Å². The lowest BCUT2D eigenvalue weighted by Gasteiger charge is -2.21. The van der Waals surface area contributed by atoms with Crippen molar-refractivity contribution in [2.45, 2.75) is 20.3 Å². The summed E-state index contributed by atoms with van der Waals surface area (Å²) in [5.74, 6) is 0. The van der Waals surface area contributed by atoms with Gasteiger partial charge < -0.3 is 0 Å². The molecule has 0 amide bonds. The molecule has 0 N–H and O–H groups in total. The molecule has 0 aliphatic carbocycles. The summed E-state index contributed by atoms with van der Waals surface area (Å²) in [5, 5.41) is 9.52. The average Bonchev–Trinajstić information content (AvgIpc) is 2.92. The minimum atomic E-state index is 0.895. The van der Waals surface area contributed by atoms with E-state index in [4.69, 9.17) is 4.98 Å². The van der Waals surface area contributed by atoms with Crippen molar-refractivity contribution in [3.63, 3.8) is 0 Å². The summed E-state index contributed by atoms with van der Waals surface area (Å²) in [5.41, 5.74) is 10.0. The molecule has 5 aromatic carbocycles. The summed E-state index contributed by atoms with van der Waals surface area (Å²) in [4.78, 5) is 4.70. The standard InChI is InChI=1S/C35H25N2/c1-21-14-15-36-31(17-21)27-9-4-3-7-24(27)19-26-20-30-22(2)18-25-13-12-23-8-5-10-28-29-11-6-16-37(26)35(29)34(30)33(25)32(23)28/h3-19H,20H2,1-2H3/q+1/b26-19-. The smallest absolute Gasteiger partial charge is 0.226 e. The summed E-state index contributed by atoms with van der Waals surface area (Å²) >= 11 is 0. The summed E-state index contributed by atoms with van der Waals surface area (Å²) < 4.78 is 2.44. The Labute approximate surface area is 215 Å². The van der Waals surface area contributed by atoms with Crippen LogP contribution < -0.4 is 4.57 Å². The van der Waals surface area contributed by atoms with Crippen LogP contribution in [0, 0.1) is 13.8 Å². The summed E-state index contributed by atoms with van der Waals surface area (Å²) in [7, 11) is 0. The third-order valence-electron chi connectivity index (χ3n) is 8.14. The molecule has 37 heavy (non-hydrogen) atoms. The Bertz CT molecular complexity index is 2080. The second-order valence-electron chi connectivity index (χ2n) is 10.4. The van der Waals surface area contributed by atoms with Crippen molar-refractivity contribution < 1.29 is 4.57 Å². The zero-order valence-corrected chi connectivity index (χ0v) is 20.9. The van der Waals surface area contributed by atoms with Crippen LogP contribution in [-0.2, 0) is 6.42 Å². The number of rotatable bonds is 2. The topological polar surface area (TPSA) is 16.8 Å². The number of nitrogens with zero attached hydrogens (tertiary/aromatic N) is 2. The highest BCUT2D eigenvalue weighted by Crippen LogP contribution is 2.44. The minimum absolute atomic E-state index is 0.895. The zero-order valence-electron chi connectivity index (χ0n) is 20.9. The summed E-state index contributed by atoms with van der Waals surface area (Å²) in [6.45, 7) is 4.40. The number of pyridine rings is 2. The van der Waals surface area contributed by atoms with Crippen LogP contribution in [0.3, 0.4) is 0 Å². The van der Waals surface area contributed by atoms with Crippen molar-refractivity contribution in [2.24, 2.45) is 0 Å². The monoisotopic (exact) mass is 473 g/mol. The van der Waals surface area contributed by atoms with E-state index < -0.39 is 0 Å². The lowest BCUT2D eigenvalue weighted by molar-refractivity contribution is -0.553. The van der Waals surface area contributed by atoms with Gasteiger partial charge in [-0.15, -0.1) is 0 Å². The van der Waals surface area contributed by atoms with Gasteiger partial charge in [-0.3, -0.25) is 4.98 Å². The Hall–Kier alpha value is -4.56. The molecular weight excluding hydrogens is 448 g/mol. The quantitative estimate of drug-likeness (QED) is 0.140. The molecule has 0 radical (unpaired) electrons. The van der Waals surface area contributed by atoms with E-state index in [1.54, 1.807) is 0 Å². The molecule has 0 unspecified atom stereocenters. The first-order chi connectivity index (χ1) is 18.2. The third-order valence-corrected chi connectivity index (χ3v) is 8.14. The highest BCUT2D eigenvalue weighted by atomic mass is 15.0. The Balaban J connectivity index is 1.48. The van der Waals surface area contributed by atoms with Gasteiger partial charge in [0.05, 0.1) is 22.9 Å². The van der Waals surface area contributed by atoms with Gasteiger partial charge in [0.2, 0.25) is 5.52 Å². The highest BCUT2D eigenvalue weighted by Gasteiger charge is 2.30. The number of aromatic nitrogens is 2. The van der Waals surface area contributed by atoms with Crippen LogP contribution in [0.4, 0.5) is 0 Å². The number of fused-ring (bicyclic) bond motifs is 1. The SMILES string of the molecule is Cc1ccnc(-c2ccccc2/C=C2/Cc3c(C)cc4ccc5cccc6c7ccc[n+]2c7c3c4c56)c1. The second-order valence-corrected chi connectivity index (χ2v) is 10.4. The van der Waals surface area contributed by atoms with Crippen LogP contribution in [0.25, 0.3) is 66.3 Å². The molecule has 3 heterocycles. The van der Waals surface area contributed by atoms with Gasteiger partial charge in [0, 0.05) is 29.3 Å². The van der Waals surface area contributed by atoms with Crippen LogP contribution in [-0.4, -0.2) is 4.98 Å². The minimum Gasteiger partial charge on any atom is -0.256 e. The van der Waals surface area contributed by atoms with E-state index >= 15 is 0 Å². The molecular formula is C35H25N2+. The van der Waals surface area contributed by atoms with Crippen molar-refractivity contribution in [1.29, 1.82) is 0 Å². The van der Waals surface area contributed by atoms with E-state index in [1.165, 1.54) is 71.2 Å². The van der Waals surface area contributed by atoms with Crippen LogP contribution in [0.2, 0.25) is 0 Å². The highest BCUT2D eigenvalue weighted by molar-refractivity contribution is 6.33. The molecule has 0 fully saturated rings. The van der Waals surface area contributed by atoms with Gasteiger partial charge in [0.25, 0.3) is 0 Å². The molecule has 1 aliphatic heterocycles. The predicted molar refractivity (Wildman–Crippen MR) is 155 cm³/mol. The molecule has 1 aliphatic rings. The molecule has 0 atom stereocenters. The largest absolute Gasteiger partial charge is 0.256 e. The molecule has 2 aromatic heterocycles. The van der Waals surface area contributed by atoms with Gasteiger partial charge in [-0.25, -0.2) is 0 Å². The van der Waals surface area contributed by atoms with Gasteiger partial charge in [-0.05, 0) is 75.8 Å². The Morgan fingerprint density at radius 1 is 0.757 bits per heavy atom. The Morgan fingerprint density at radius 2 is 1.62 bits per heavy atom. The zero-order chi connectivity index (χ0) is 24.7. The molecule has 2 heteroatoms. The molecule has 8 rings (SSSR count). The first-order valence-electron chi connectivity index (χ1n) is 12.9. The number of aryl methyl sites for hydroxylation is 2. The Morgan fingerprint density at radius 3 is 2.54 bits per heavy atom. The van der Waals surface area contributed by atoms with Crippen molar-refractivity contribution in [1.82, 2.24) is 4.98 Å². The van der Waals surface area contributed by atoms with Gasteiger partial charge in [-0.2, -0.15) is 4.57 Å². The molecule has 0 bridgehead atoms. The van der Waals surface area contributed by atoms with Gasteiger partial charge in [0.15, 0.2) is 11.9 Å². The summed E-state index contributed by atoms with van der Waals surface area (Å²) in [6, 6.07) is 31.0. The summed E-state index contributed by atoms with van der Waals surface area (Å²) in [6.07, 6.45) is 7.41. The van der Waals surface area contributed by atoms with Gasteiger partial charge >= 0.3 is 0 Å². The first kappa shape index (κ1) is 20.6. The molecule has 7 aromatic rings. The number of allylic oxidation sites excluding steroid dienone is 1. The van der Waals surface area contributed by atoms with Crippen molar-refractivity contribution >= 4 is 55.0 Å². The van der Waals surface area contributed by atoms with E-state index in [0.717, 1.165) is 17.7 Å². The van der Waals surface area contributed by atoms with Crippen molar-refractivity contribution in [3.8, 4) is 11.3 Å². The molecule has 0 spiro atoms.